The van der Waals surface area contributed by atoms with Crippen LogP contribution in [-0.2, 0) is 31.2 Å². The molecule has 0 N–H and O–H groups in total. The van der Waals surface area contributed by atoms with Gasteiger partial charge < -0.3 is 14.3 Å². The van der Waals surface area contributed by atoms with Crippen LogP contribution >= 0.6 is 0 Å². The number of aryl methyl sites for hydroxylation is 5. The molecule has 4 aromatic carbocycles. The van der Waals surface area contributed by atoms with Gasteiger partial charge >= 0.3 is 21.1 Å². The summed E-state index contributed by atoms with van der Waals surface area (Å²) in [4.78, 5) is 10.1. The van der Waals surface area contributed by atoms with Gasteiger partial charge in [-0.25, -0.2) is 0 Å². The van der Waals surface area contributed by atoms with Crippen molar-refractivity contribution in [2.75, 3.05) is 0 Å². The fraction of sp³-hybridized carbons (Fsp3) is 0.348. The van der Waals surface area contributed by atoms with Gasteiger partial charge in [-0.3, -0.25) is 4.99 Å². The van der Waals surface area contributed by atoms with Crippen LogP contribution in [0.3, 0.4) is 0 Å². The maximum absolute atomic E-state index is 6.80. The van der Waals surface area contributed by atoms with Gasteiger partial charge in [0, 0.05) is 11.7 Å². The maximum atomic E-state index is 6.80. The SMILES string of the molecule is Cc1cc(C)c(-c2cc(C3=N[C@@H]4CCCC[C@]4(C)O3)[c-]c(-n3c4[c-]c(-c5cc(C(C)(C)C)ccn5)c(C)cc4c4cc(C)ccc43)c2)c(C)c1.[Pt+2]. The number of aromatic nitrogens is 2. The van der Waals surface area contributed by atoms with Crippen molar-refractivity contribution in [2.45, 2.75) is 105 Å². The summed E-state index contributed by atoms with van der Waals surface area (Å²) in [6, 6.07) is 30.5. The van der Waals surface area contributed by atoms with Crippen molar-refractivity contribution in [3.8, 4) is 28.1 Å². The minimum atomic E-state index is -0.257. The molecule has 1 aliphatic carbocycles. The summed E-state index contributed by atoms with van der Waals surface area (Å²) in [5, 5.41) is 2.38. The van der Waals surface area contributed by atoms with Crippen LogP contribution in [0.25, 0.3) is 49.9 Å². The van der Waals surface area contributed by atoms with Crippen LogP contribution in [0.5, 0.6) is 0 Å². The molecule has 51 heavy (non-hydrogen) atoms. The Morgan fingerprint density at radius 2 is 1.59 bits per heavy atom. The number of hydrogen-bond acceptors (Lipinski definition) is 3. The topological polar surface area (TPSA) is 39.4 Å². The van der Waals surface area contributed by atoms with Gasteiger partial charge in [-0.1, -0.05) is 92.1 Å². The molecule has 262 valence electrons. The number of hydrogen-bond donors (Lipinski definition) is 0. The standard InChI is InChI=1S/C46H47N3O.Pt/c1-27-13-14-40-37(20-27)38-21-29(3)36(39-25-34(15-17-47-39)45(6,7)8)26-41(38)49(40)35-23-32(43-30(4)18-28(2)19-31(43)5)22-33(24-35)44-48-42-12-10-11-16-46(42,9)50-44;/h13-15,17-23,25,42H,10-12,16H2,1-9H3;/q-2;+2/t42-,46+;/m1./s1. The van der Waals surface area contributed by atoms with Crippen molar-refractivity contribution in [1.82, 2.24) is 9.55 Å². The summed E-state index contributed by atoms with van der Waals surface area (Å²) in [6.07, 6.45) is 6.40. The summed E-state index contributed by atoms with van der Waals surface area (Å²) in [5.41, 5.74) is 15.5. The molecular formula is C46H47N3OPt. The molecule has 4 nitrogen and oxygen atoms in total. The molecule has 0 saturated heterocycles. The molecule has 5 heteroatoms. The van der Waals surface area contributed by atoms with Gasteiger partial charge in [0.15, 0.2) is 0 Å². The van der Waals surface area contributed by atoms with Gasteiger partial charge in [0.2, 0.25) is 0 Å². The number of aliphatic imine (C=N–C) groups is 1. The van der Waals surface area contributed by atoms with Gasteiger partial charge in [-0.2, -0.15) is 0 Å². The Balaban J connectivity index is 0.00000406. The Morgan fingerprint density at radius 1 is 0.824 bits per heavy atom. The van der Waals surface area contributed by atoms with Crippen molar-refractivity contribution in [3.05, 3.63) is 118 Å². The molecule has 0 radical (unpaired) electrons. The van der Waals surface area contributed by atoms with Crippen molar-refractivity contribution in [2.24, 2.45) is 4.99 Å². The second kappa shape index (κ2) is 12.9. The predicted octanol–water partition coefficient (Wildman–Crippen LogP) is 11.4. The van der Waals surface area contributed by atoms with Gasteiger partial charge in [-0.05, 0) is 116 Å². The third-order valence-corrected chi connectivity index (χ3v) is 11.0. The molecule has 1 aliphatic heterocycles. The molecule has 8 rings (SSSR count). The number of fused-ring (bicyclic) bond motifs is 4. The van der Waals surface area contributed by atoms with Gasteiger partial charge in [0.25, 0.3) is 0 Å². The van der Waals surface area contributed by atoms with Gasteiger partial charge in [0.1, 0.15) is 11.5 Å². The second-order valence-corrected chi connectivity index (χ2v) is 16.2. The van der Waals surface area contributed by atoms with E-state index >= 15 is 0 Å². The smallest absolute Gasteiger partial charge is 0.512 e. The molecule has 2 atom stereocenters. The first-order chi connectivity index (χ1) is 23.8. The molecule has 0 bridgehead atoms. The average Bonchev–Trinajstić information content (AvgIpc) is 3.57. The second-order valence-electron chi connectivity index (χ2n) is 16.2. The summed E-state index contributed by atoms with van der Waals surface area (Å²) in [5.74, 6) is 0.713. The van der Waals surface area contributed by atoms with Crippen LogP contribution in [0.2, 0.25) is 0 Å². The van der Waals surface area contributed by atoms with Crippen molar-refractivity contribution >= 4 is 27.7 Å². The molecule has 3 heterocycles. The van der Waals surface area contributed by atoms with Crippen LogP contribution in [0.15, 0.2) is 71.9 Å². The Hall–Kier alpha value is -4.01. The van der Waals surface area contributed by atoms with E-state index in [1.54, 1.807) is 0 Å². The van der Waals surface area contributed by atoms with E-state index in [9.17, 15) is 0 Å². The minimum absolute atomic E-state index is 0. The number of benzene rings is 4. The third kappa shape index (κ3) is 6.18. The zero-order valence-electron chi connectivity index (χ0n) is 31.3. The van der Waals surface area contributed by atoms with Crippen LogP contribution in [0, 0.1) is 46.8 Å². The van der Waals surface area contributed by atoms with E-state index in [1.165, 1.54) is 57.0 Å². The van der Waals surface area contributed by atoms with Crippen molar-refractivity contribution in [3.63, 3.8) is 0 Å². The van der Waals surface area contributed by atoms with Gasteiger partial charge in [0.05, 0.1) is 6.04 Å². The maximum Gasteiger partial charge on any atom is 2.00 e. The third-order valence-electron chi connectivity index (χ3n) is 11.0. The molecule has 1 saturated carbocycles. The number of pyridine rings is 1. The van der Waals surface area contributed by atoms with E-state index in [-0.39, 0.29) is 38.1 Å². The number of ether oxygens (including phenoxy) is 1. The molecule has 1 fully saturated rings. The van der Waals surface area contributed by atoms with E-state index < -0.39 is 0 Å². The van der Waals surface area contributed by atoms with E-state index in [0.29, 0.717) is 5.90 Å². The molecule has 2 aromatic heterocycles. The first kappa shape index (κ1) is 35.4. The fourth-order valence-electron chi connectivity index (χ4n) is 8.44. The molecule has 0 amide bonds. The molecular weight excluding hydrogens is 806 g/mol. The quantitative estimate of drug-likeness (QED) is 0.166. The summed E-state index contributed by atoms with van der Waals surface area (Å²) in [6.45, 7) is 19.9. The average molecular weight is 853 g/mol. The minimum Gasteiger partial charge on any atom is -0.512 e. The summed E-state index contributed by atoms with van der Waals surface area (Å²) in [7, 11) is 0. The Kier molecular flexibility index (Phi) is 8.94. The van der Waals surface area contributed by atoms with Crippen molar-refractivity contribution in [1.29, 1.82) is 0 Å². The first-order valence-corrected chi connectivity index (χ1v) is 18.2. The van der Waals surface area contributed by atoms with E-state index in [1.807, 2.05) is 6.20 Å². The monoisotopic (exact) mass is 852 g/mol. The predicted molar refractivity (Wildman–Crippen MR) is 208 cm³/mol. The zero-order valence-corrected chi connectivity index (χ0v) is 33.6. The van der Waals surface area contributed by atoms with Crippen LogP contribution in [0.1, 0.15) is 92.3 Å². The molecule has 0 spiro atoms. The van der Waals surface area contributed by atoms with E-state index in [2.05, 4.69) is 140 Å². The largest absolute Gasteiger partial charge is 2.00 e. The number of rotatable bonds is 4. The van der Waals surface area contributed by atoms with E-state index in [4.69, 9.17) is 14.7 Å². The van der Waals surface area contributed by atoms with Crippen LogP contribution < -0.4 is 0 Å². The fourth-order valence-corrected chi connectivity index (χ4v) is 8.44. The number of nitrogens with zero attached hydrogens (tertiary/aromatic N) is 3. The summed E-state index contributed by atoms with van der Waals surface area (Å²) >= 11 is 0. The summed E-state index contributed by atoms with van der Waals surface area (Å²) < 4.78 is 9.14. The van der Waals surface area contributed by atoms with E-state index in [0.717, 1.165) is 57.5 Å². The Bertz CT molecular complexity index is 2350. The molecule has 6 aromatic rings. The Morgan fingerprint density at radius 3 is 2.31 bits per heavy atom. The molecule has 0 unspecified atom stereocenters. The van der Waals surface area contributed by atoms with Crippen LogP contribution in [-0.4, -0.2) is 27.1 Å². The normalized spacial score (nSPS) is 18.8. The van der Waals surface area contributed by atoms with Crippen molar-refractivity contribution < 1.29 is 25.8 Å². The van der Waals surface area contributed by atoms with Crippen LogP contribution in [0.4, 0.5) is 0 Å². The first-order valence-electron chi connectivity index (χ1n) is 18.2. The zero-order chi connectivity index (χ0) is 35.1. The molecule has 2 aliphatic rings. The van der Waals surface area contributed by atoms with Gasteiger partial charge in [-0.15, -0.1) is 41.5 Å². The Labute approximate surface area is 317 Å².